The highest BCUT2D eigenvalue weighted by atomic mass is 16.5. The van der Waals surface area contributed by atoms with E-state index in [0.29, 0.717) is 6.54 Å². The van der Waals surface area contributed by atoms with Gasteiger partial charge in [0.05, 0.1) is 12.7 Å². The van der Waals surface area contributed by atoms with E-state index < -0.39 is 0 Å². The van der Waals surface area contributed by atoms with Crippen LogP contribution >= 0.6 is 0 Å². The van der Waals surface area contributed by atoms with Crippen LogP contribution in [0.5, 0.6) is 0 Å². The normalized spacial score (nSPS) is 31.1. The van der Waals surface area contributed by atoms with Crippen molar-refractivity contribution in [3.63, 3.8) is 0 Å². The molecule has 1 saturated carbocycles. The molecule has 82 valence electrons. The Labute approximate surface area is 86.6 Å². The summed E-state index contributed by atoms with van der Waals surface area (Å²) in [5.41, 5.74) is 5.62. The Morgan fingerprint density at radius 3 is 2.79 bits per heavy atom. The fourth-order valence-corrected chi connectivity index (χ4v) is 2.65. The molecule has 1 saturated heterocycles. The van der Waals surface area contributed by atoms with Crippen LogP contribution in [0.15, 0.2) is 0 Å². The molecule has 0 bridgehead atoms. The molecule has 0 spiro atoms. The average molecular weight is 198 g/mol. The van der Waals surface area contributed by atoms with Crippen LogP contribution in [0.3, 0.4) is 0 Å². The van der Waals surface area contributed by atoms with E-state index in [-0.39, 0.29) is 6.10 Å². The first-order valence-corrected chi connectivity index (χ1v) is 5.92. The first-order chi connectivity index (χ1) is 6.88. The van der Waals surface area contributed by atoms with Crippen molar-refractivity contribution in [2.24, 2.45) is 11.7 Å². The summed E-state index contributed by atoms with van der Waals surface area (Å²) in [5.74, 6) is 0.950. The van der Waals surface area contributed by atoms with Crippen LogP contribution in [0, 0.1) is 5.92 Å². The second-order valence-corrected chi connectivity index (χ2v) is 4.64. The third-order valence-electron chi connectivity index (χ3n) is 3.48. The van der Waals surface area contributed by atoms with Crippen molar-refractivity contribution in [1.29, 1.82) is 0 Å². The Balaban J connectivity index is 1.73. The summed E-state index contributed by atoms with van der Waals surface area (Å²) in [6.45, 7) is 4.97. The van der Waals surface area contributed by atoms with Gasteiger partial charge in [-0.15, -0.1) is 0 Å². The number of nitrogens with two attached hydrogens (primary N) is 1. The van der Waals surface area contributed by atoms with Crippen molar-refractivity contribution < 1.29 is 4.74 Å². The highest BCUT2D eigenvalue weighted by Crippen LogP contribution is 2.25. The zero-order chi connectivity index (χ0) is 9.80. The molecule has 3 nitrogen and oxygen atoms in total. The largest absolute Gasteiger partial charge is 0.374 e. The van der Waals surface area contributed by atoms with E-state index in [1.165, 1.54) is 32.2 Å². The van der Waals surface area contributed by atoms with Crippen molar-refractivity contribution >= 4 is 0 Å². The predicted molar refractivity (Wildman–Crippen MR) is 57.2 cm³/mol. The van der Waals surface area contributed by atoms with E-state index in [9.17, 15) is 0 Å². The maximum absolute atomic E-state index is 5.62. The lowest BCUT2D eigenvalue weighted by Gasteiger charge is -2.33. The van der Waals surface area contributed by atoms with E-state index >= 15 is 0 Å². The van der Waals surface area contributed by atoms with Crippen LogP contribution in [-0.2, 0) is 4.74 Å². The maximum Gasteiger partial charge on any atom is 0.0824 e. The molecule has 14 heavy (non-hydrogen) atoms. The summed E-state index contributed by atoms with van der Waals surface area (Å²) in [6, 6.07) is 0. The van der Waals surface area contributed by atoms with Gasteiger partial charge in [0.15, 0.2) is 0 Å². The monoisotopic (exact) mass is 198 g/mol. The van der Waals surface area contributed by atoms with Gasteiger partial charge in [0, 0.05) is 26.2 Å². The maximum atomic E-state index is 5.62. The van der Waals surface area contributed by atoms with E-state index in [4.69, 9.17) is 10.5 Å². The van der Waals surface area contributed by atoms with Crippen molar-refractivity contribution in [3.8, 4) is 0 Å². The van der Waals surface area contributed by atoms with E-state index in [1.807, 2.05) is 0 Å². The van der Waals surface area contributed by atoms with Crippen molar-refractivity contribution in [1.82, 2.24) is 4.90 Å². The molecule has 1 heterocycles. The zero-order valence-electron chi connectivity index (χ0n) is 8.95. The van der Waals surface area contributed by atoms with Gasteiger partial charge in [-0.3, -0.25) is 4.90 Å². The molecule has 1 aliphatic heterocycles. The third-order valence-corrected chi connectivity index (χ3v) is 3.48. The van der Waals surface area contributed by atoms with Gasteiger partial charge in [-0.1, -0.05) is 12.8 Å². The molecule has 1 unspecified atom stereocenters. The molecular weight excluding hydrogens is 176 g/mol. The van der Waals surface area contributed by atoms with Crippen molar-refractivity contribution in [2.45, 2.75) is 31.8 Å². The molecule has 3 heteroatoms. The Kier molecular flexibility index (Phi) is 3.79. The molecule has 0 aromatic carbocycles. The zero-order valence-corrected chi connectivity index (χ0v) is 8.95. The van der Waals surface area contributed by atoms with E-state index in [2.05, 4.69) is 4.90 Å². The SMILES string of the molecule is NCC1CN(CC2CCCC2)CCO1. The van der Waals surface area contributed by atoms with Crippen LogP contribution in [0.1, 0.15) is 25.7 Å². The number of rotatable bonds is 3. The van der Waals surface area contributed by atoms with Gasteiger partial charge in [0.1, 0.15) is 0 Å². The summed E-state index contributed by atoms with van der Waals surface area (Å²) in [5, 5.41) is 0. The second kappa shape index (κ2) is 5.10. The van der Waals surface area contributed by atoms with Crippen LogP contribution in [0.25, 0.3) is 0 Å². The molecule has 2 N–H and O–H groups in total. The number of morpholine rings is 1. The quantitative estimate of drug-likeness (QED) is 0.730. The molecule has 2 rings (SSSR count). The molecule has 1 aliphatic carbocycles. The minimum Gasteiger partial charge on any atom is -0.374 e. The van der Waals surface area contributed by atoms with Gasteiger partial charge >= 0.3 is 0 Å². The molecule has 0 radical (unpaired) electrons. The van der Waals surface area contributed by atoms with E-state index in [1.54, 1.807) is 0 Å². The summed E-state index contributed by atoms with van der Waals surface area (Å²) in [7, 11) is 0. The van der Waals surface area contributed by atoms with Gasteiger partial charge < -0.3 is 10.5 Å². The minimum atomic E-state index is 0.283. The summed E-state index contributed by atoms with van der Waals surface area (Å²) in [6.07, 6.45) is 6.03. The first kappa shape index (κ1) is 10.4. The van der Waals surface area contributed by atoms with E-state index in [0.717, 1.165) is 25.6 Å². The Hall–Kier alpha value is -0.120. The molecule has 2 aliphatic rings. The topological polar surface area (TPSA) is 38.5 Å². The molecule has 0 amide bonds. The standard InChI is InChI=1S/C11H22N2O/c12-7-11-9-13(5-6-14-11)8-10-3-1-2-4-10/h10-11H,1-9,12H2. The Bertz CT molecular complexity index is 169. The minimum absolute atomic E-state index is 0.283. The fourth-order valence-electron chi connectivity index (χ4n) is 2.65. The second-order valence-electron chi connectivity index (χ2n) is 4.64. The number of hydrogen-bond acceptors (Lipinski definition) is 3. The summed E-state index contributed by atoms with van der Waals surface area (Å²) < 4.78 is 5.56. The molecule has 1 atom stereocenters. The predicted octanol–water partition coefficient (Wildman–Crippen LogP) is 0.836. The van der Waals surface area contributed by atoms with Crippen molar-refractivity contribution in [2.75, 3.05) is 32.8 Å². The highest BCUT2D eigenvalue weighted by Gasteiger charge is 2.23. The van der Waals surface area contributed by atoms with Gasteiger partial charge in [-0.2, -0.15) is 0 Å². The number of ether oxygens (including phenoxy) is 1. The Morgan fingerprint density at radius 2 is 2.07 bits per heavy atom. The molecule has 2 fully saturated rings. The highest BCUT2D eigenvalue weighted by molar-refractivity contribution is 4.76. The van der Waals surface area contributed by atoms with Gasteiger partial charge in [0.25, 0.3) is 0 Å². The number of nitrogens with zero attached hydrogens (tertiary/aromatic N) is 1. The van der Waals surface area contributed by atoms with Crippen LogP contribution < -0.4 is 5.73 Å². The number of hydrogen-bond donors (Lipinski definition) is 1. The van der Waals surface area contributed by atoms with Crippen LogP contribution in [0.2, 0.25) is 0 Å². The van der Waals surface area contributed by atoms with Crippen LogP contribution in [-0.4, -0.2) is 43.8 Å². The lowest BCUT2D eigenvalue weighted by Crippen LogP contribution is -2.46. The van der Waals surface area contributed by atoms with Gasteiger partial charge in [-0.25, -0.2) is 0 Å². The molecule has 0 aromatic rings. The smallest absolute Gasteiger partial charge is 0.0824 e. The van der Waals surface area contributed by atoms with Crippen molar-refractivity contribution in [3.05, 3.63) is 0 Å². The van der Waals surface area contributed by atoms with Gasteiger partial charge in [0.2, 0.25) is 0 Å². The lowest BCUT2D eigenvalue weighted by molar-refractivity contribution is -0.0275. The fraction of sp³-hybridized carbons (Fsp3) is 1.00. The Morgan fingerprint density at radius 1 is 1.29 bits per heavy atom. The lowest BCUT2D eigenvalue weighted by atomic mass is 10.1. The molecule has 0 aromatic heterocycles. The van der Waals surface area contributed by atoms with Gasteiger partial charge in [-0.05, 0) is 18.8 Å². The summed E-state index contributed by atoms with van der Waals surface area (Å²) >= 11 is 0. The first-order valence-electron chi connectivity index (χ1n) is 5.92. The van der Waals surface area contributed by atoms with Crippen LogP contribution in [0.4, 0.5) is 0 Å². The third kappa shape index (κ3) is 2.69. The average Bonchev–Trinajstić information content (AvgIpc) is 2.71. The summed E-state index contributed by atoms with van der Waals surface area (Å²) in [4.78, 5) is 2.54. The molecular formula is C11H22N2O.